The van der Waals surface area contributed by atoms with Crippen LogP contribution in [0.3, 0.4) is 0 Å². The van der Waals surface area contributed by atoms with Gasteiger partial charge in [0.1, 0.15) is 6.10 Å². The molecule has 3 rings (SSSR count). The van der Waals surface area contributed by atoms with Crippen molar-refractivity contribution in [2.75, 3.05) is 26.2 Å². The average Bonchev–Trinajstić information content (AvgIpc) is 2.69. The zero-order valence-electron chi connectivity index (χ0n) is 14.6. The number of aromatic nitrogens is 1. The van der Waals surface area contributed by atoms with Gasteiger partial charge < -0.3 is 15.0 Å². The highest BCUT2D eigenvalue weighted by atomic mass is 16.5. The van der Waals surface area contributed by atoms with E-state index < -0.39 is 0 Å². The number of amides is 2. The van der Waals surface area contributed by atoms with Crippen molar-refractivity contribution in [3.63, 3.8) is 0 Å². The van der Waals surface area contributed by atoms with Gasteiger partial charge in [0.25, 0.3) is 0 Å². The van der Waals surface area contributed by atoms with Crippen LogP contribution in [0.2, 0.25) is 0 Å². The molecule has 0 aliphatic carbocycles. The largest absolute Gasteiger partial charge is 0.370 e. The van der Waals surface area contributed by atoms with Crippen molar-refractivity contribution in [2.24, 2.45) is 0 Å². The molecule has 5 heteroatoms. The van der Waals surface area contributed by atoms with Gasteiger partial charge in [-0.2, -0.15) is 0 Å². The number of urea groups is 1. The van der Waals surface area contributed by atoms with Crippen molar-refractivity contribution in [3.8, 4) is 0 Å². The monoisotopic (exact) mass is 339 g/mol. The summed E-state index contributed by atoms with van der Waals surface area (Å²) in [6.45, 7) is 4.53. The fraction of sp³-hybridized carbons (Fsp3) is 0.400. The predicted molar refractivity (Wildman–Crippen MR) is 97.4 cm³/mol. The van der Waals surface area contributed by atoms with Gasteiger partial charge >= 0.3 is 6.03 Å². The lowest BCUT2D eigenvalue weighted by atomic mass is 10.0. The molecule has 0 radical (unpaired) electrons. The van der Waals surface area contributed by atoms with Gasteiger partial charge in [0.2, 0.25) is 0 Å². The lowest BCUT2D eigenvalue weighted by Crippen LogP contribution is -2.47. The van der Waals surface area contributed by atoms with Gasteiger partial charge in [0.15, 0.2) is 0 Å². The van der Waals surface area contributed by atoms with Crippen LogP contribution < -0.4 is 5.32 Å². The molecule has 1 saturated heterocycles. The molecular weight excluding hydrogens is 314 g/mol. The van der Waals surface area contributed by atoms with Gasteiger partial charge in [-0.25, -0.2) is 4.79 Å². The van der Waals surface area contributed by atoms with E-state index in [9.17, 15) is 4.79 Å². The number of rotatable bonds is 5. The fourth-order valence-electron chi connectivity index (χ4n) is 2.97. The summed E-state index contributed by atoms with van der Waals surface area (Å²) in [6, 6.07) is 12.4. The third-order valence-corrected chi connectivity index (χ3v) is 4.53. The number of nitrogens with zero attached hydrogens (tertiary/aromatic N) is 2. The lowest BCUT2D eigenvalue weighted by molar-refractivity contribution is -0.0154. The average molecular weight is 339 g/mol. The third-order valence-electron chi connectivity index (χ3n) is 4.53. The highest BCUT2D eigenvalue weighted by Gasteiger charge is 2.25. The minimum atomic E-state index is -0.0521. The molecule has 2 aromatic rings. The number of carbonyl (C=O) groups is 1. The van der Waals surface area contributed by atoms with Crippen LogP contribution in [0.15, 0.2) is 48.8 Å². The number of ether oxygens (including phenoxy) is 1. The van der Waals surface area contributed by atoms with Crippen LogP contribution >= 0.6 is 0 Å². The summed E-state index contributed by atoms with van der Waals surface area (Å²) in [4.78, 5) is 18.3. The number of morpholine rings is 1. The molecule has 25 heavy (non-hydrogen) atoms. The number of hydrogen-bond acceptors (Lipinski definition) is 3. The Kier molecular flexibility index (Phi) is 6.01. The van der Waals surface area contributed by atoms with E-state index in [1.165, 1.54) is 5.56 Å². The molecule has 1 N–H and O–H groups in total. The molecule has 1 aromatic heterocycles. The van der Waals surface area contributed by atoms with Gasteiger partial charge in [-0.1, -0.05) is 37.3 Å². The summed E-state index contributed by atoms with van der Waals surface area (Å²) >= 11 is 0. The summed E-state index contributed by atoms with van der Waals surface area (Å²) in [5, 5.41) is 2.99. The summed E-state index contributed by atoms with van der Waals surface area (Å²) in [7, 11) is 0. The van der Waals surface area contributed by atoms with Crippen molar-refractivity contribution >= 4 is 6.03 Å². The summed E-state index contributed by atoms with van der Waals surface area (Å²) in [5.41, 5.74) is 3.56. The van der Waals surface area contributed by atoms with Crippen LogP contribution in [0, 0.1) is 0 Å². The van der Waals surface area contributed by atoms with Crippen LogP contribution in [-0.4, -0.2) is 42.2 Å². The van der Waals surface area contributed by atoms with E-state index in [0.29, 0.717) is 26.2 Å². The van der Waals surface area contributed by atoms with Crippen molar-refractivity contribution in [3.05, 3.63) is 65.5 Å². The predicted octanol–water partition coefficient (Wildman–Crippen LogP) is 2.97. The van der Waals surface area contributed by atoms with Gasteiger partial charge in [0, 0.05) is 25.5 Å². The fourth-order valence-corrected chi connectivity index (χ4v) is 2.97. The zero-order valence-corrected chi connectivity index (χ0v) is 14.6. The minimum absolute atomic E-state index is 0.0256. The first-order valence-electron chi connectivity index (χ1n) is 8.88. The Morgan fingerprint density at radius 2 is 2.12 bits per heavy atom. The topological polar surface area (TPSA) is 54.5 Å². The second kappa shape index (κ2) is 8.62. The third kappa shape index (κ3) is 4.79. The number of hydrogen-bond donors (Lipinski definition) is 1. The van der Waals surface area contributed by atoms with Gasteiger partial charge in [-0.3, -0.25) is 4.98 Å². The van der Waals surface area contributed by atoms with Crippen molar-refractivity contribution in [2.45, 2.75) is 25.9 Å². The van der Waals surface area contributed by atoms with Crippen molar-refractivity contribution in [1.29, 1.82) is 0 Å². The number of aryl methyl sites for hydroxylation is 1. The molecule has 1 unspecified atom stereocenters. The molecule has 5 nitrogen and oxygen atoms in total. The quantitative estimate of drug-likeness (QED) is 0.911. The Morgan fingerprint density at radius 3 is 2.84 bits per heavy atom. The number of benzene rings is 1. The maximum absolute atomic E-state index is 12.4. The van der Waals surface area contributed by atoms with Crippen LogP contribution in [0.4, 0.5) is 4.79 Å². The Balaban J connectivity index is 1.50. The van der Waals surface area contributed by atoms with Gasteiger partial charge in [-0.05, 0) is 35.6 Å². The van der Waals surface area contributed by atoms with E-state index in [4.69, 9.17) is 4.74 Å². The molecule has 132 valence electrons. The number of carbonyl (C=O) groups excluding carboxylic acids is 1. The molecule has 2 amide bonds. The first-order valence-corrected chi connectivity index (χ1v) is 8.88. The molecular formula is C20H25N3O2. The molecule has 0 saturated carbocycles. The molecule has 1 fully saturated rings. The first-order chi connectivity index (χ1) is 12.3. The summed E-state index contributed by atoms with van der Waals surface area (Å²) < 4.78 is 5.86. The molecule has 1 aliphatic rings. The Morgan fingerprint density at radius 1 is 1.28 bits per heavy atom. The molecule has 1 aliphatic heterocycles. The number of pyridine rings is 1. The molecule has 0 spiro atoms. The van der Waals surface area contributed by atoms with E-state index in [2.05, 4.69) is 41.5 Å². The zero-order chi connectivity index (χ0) is 17.5. The second-order valence-electron chi connectivity index (χ2n) is 6.24. The maximum atomic E-state index is 12.4. The second-order valence-corrected chi connectivity index (χ2v) is 6.24. The smallest absolute Gasteiger partial charge is 0.317 e. The first kappa shape index (κ1) is 17.4. The maximum Gasteiger partial charge on any atom is 0.317 e. The highest BCUT2D eigenvalue weighted by molar-refractivity contribution is 5.74. The minimum Gasteiger partial charge on any atom is -0.370 e. The van der Waals surface area contributed by atoms with E-state index in [0.717, 1.165) is 24.0 Å². The van der Waals surface area contributed by atoms with Gasteiger partial charge in [0.05, 0.1) is 13.2 Å². The van der Waals surface area contributed by atoms with Crippen LogP contribution in [0.1, 0.15) is 29.7 Å². The van der Waals surface area contributed by atoms with Gasteiger partial charge in [-0.15, -0.1) is 0 Å². The van der Waals surface area contributed by atoms with E-state index in [-0.39, 0.29) is 12.1 Å². The number of nitrogens with one attached hydrogen (secondary N) is 1. The van der Waals surface area contributed by atoms with Crippen molar-refractivity contribution in [1.82, 2.24) is 15.2 Å². The lowest BCUT2D eigenvalue weighted by Gasteiger charge is -2.33. The standard InChI is InChI=1S/C20H25N3O2/c1-2-16-5-7-18(8-6-16)19-15-23(12-13-25-19)20(24)22-11-9-17-4-3-10-21-14-17/h3-8,10,14,19H,2,9,11-13,15H2,1H3,(H,22,24). The molecule has 2 heterocycles. The van der Waals surface area contributed by atoms with Crippen molar-refractivity contribution < 1.29 is 9.53 Å². The molecule has 1 aromatic carbocycles. The molecule has 0 bridgehead atoms. The molecule has 1 atom stereocenters. The normalized spacial score (nSPS) is 17.3. The van der Waals surface area contributed by atoms with Crippen LogP contribution in [-0.2, 0) is 17.6 Å². The van der Waals surface area contributed by atoms with E-state index in [1.807, 2.05) is 23.2 Å². The Hall–Kier alpha value is -2.40. The highest BCUT2D eigenvalue weighted by Crippen LogP contribution is 2.22. The van der Waals surface area contributed by atoms with Crippen LogP contribution in [0.25, 0.3) is 0 Å². The summed E-state index contributed by atoms with van der Waals surface area (Å²) in [5.74, 6) is 0. The SMILES string of the molecule is CCc1ccc(C2CN(C(=O)NCCc3cccnc3)CCO2)cc1. The van der Waals surface area contributed by atoms with Crippen LogP contribution in [0.5, 0.6) is 0 Å². The Bertz CT molecular complexity index is 673. The van der Waals surface area contributed by atoms with E-state index in [1.54, 1.807) is 6.20 Å². The summed E-state index contributed by atoms with van der Waals surface area (Å²) in [6.07, 6.45) is 5.34. The van der Waals surface area contributed by atoms with E-state index >= 15 is 0 Å². The Labute approximate surface area is 149 Å².